The Morgan fingerprint density at radius 1 is 1.29 bits per heavy atom. The van der Waals surface area contributed by atoms with Crippen molar-refractivity contribution in [1.82, 2.24) is 9.88 Å². The van der Waals surface area contributed by atoms with Crippen molar-refractivity contribution in [2.45, 2.75) is 33.2 Å². The average molecular weight is 349 g/mol. The number of halogens is 1. The van der Waals surface area contributed by atoms with E-state index < -0.39 is 11.4 Å². The van der Waals surface area contributed by atoms with E-state index in [0.29, 0.717) is 21.1 Å². The Labute approximate surface area is 144 Å². The van der Waals surface area contributed by atoms with Gasteiger partial charge < -0.3 is 10.6 Å². The molecule has 0 fully saturated rings. The van der Waals surface area contributed by atoms with Crippen LogP contribution in [0.15, 0.2) is 18.2 Å². The zero-order valence-corrected chi connectivity index (χ0v) is 15.1. The van der Waals surface area contributed by atoms with Gasteiger partial charge in [-0.25, -0.2) is 9.37 Å². The van der Waals surface area contributed by atoms with Gasteiger partial charge in [0.15, 0.2) is 0 Å². The Morgan fingerprint density at radius 3 is 2.46 bits per heavy atom. The summed E-state index contributed by atoms with van der Waals surface area (Å²) in [6.07, 6.45) is 0. The largest absolute Gasteiger partial charge is 0.368 e. The molecule has 5 nitrogen and oxygen atoms in total. The van der Waals surface area contributed by atoms with E-state index >= 15 is 0 Å². The van der Waals surface area contributed by atoms with Crippen LogP contribution in [0.1, 0.15) is 34.8 Å². The lowest BCUT2D eigenvalue weighted by atomic mass is 10.0. The molecule has 7 heteroatoms. The highest BCUT2D eigenvalue weighted by atomic mass is 32.1. The first kappa shape index (κ1) is 18.1. The maximum Gasteiger partial charge on any atom is 0.266 e. The number of nitrogens with two attached hydrogens (primary N) is 1. The van der Waals surface area contributed by atoms with Crippen LogP contribution >= 0.6 is 11.3 Å². The molecule has 0 saturated carbocycles. The Morgan fingerprint density at radius 2 is 1.92 bits per heavy atom. The first-order valence-electron chi connectivity index (χ1n) is 7.37. The summed E-state index contributed by atoms with van der Waals surface area (Å²) in [5, 5.41) is 0.629. The van der Waals surface area contributed by atoms with Crippen LogP contribution in [0.3, 0.4) is 0 Å². The van der Waals surface area contributed by atoms with Crippen LogP contribution in [0.2, 0.25) is 0 Å². The number of aryl methyl sites for hydroxylation is 2. The average Bonchev–Trinajstić information content (AvgIpc) is 2.90. The van der Waals surface area contributed by atoms with Crippen LogP contribution in [0.4, 0.5) is 4.39 Å². The van der Waals surface area contributed by atoms with Gasteiger partial charge in [-0.15, -0.1) is 11.3 Å². The quantitative estimate of drug-likeness (QED) is 0.922. The van der Waals surface area contributed by atoms with Gasteiger partial charge in [-0.05, 0) is 51.5 Å². The molecule has 0 spiro atoms. The fourth-order valence-corrected chi connectivity index (χ4v) is 3.11. The molecule has 0 atom stereocenters. The number of amides is 2. The summed E-state index contributed by atoms with van der Waals surface area (Å²) in [7, 11) is 1.54. The molecular weight excluding hydrogens is 329 g/mol. The molecule has 2 amide bonds. The van der Waals surface area contributed by atoms with Crippen LogP contribution in [-0.4, -0.2) is 34.3 Å². The maximum atomic E-state index is 13.4. The van der Waals surface area contributed by atoms with Gasteiger partial charge in [0, 0.05) is 12.6 Å². The predicted molar refractivity (Wildman–Crippen MR) is 92.3 cm³/mol. The van der Waals surface area contributed by atoms with Crippen LogP contribution in [0.5, 0.6) is 0 Å². The number of rotatable bonds is 4. The second kappa shape index (κ2) is 6.32. The topological polar surface area (TPSA) is 76.3 Å². The number of nitrogens with zero attached hydrogens (tertiary/aromatic N) is 2. The Bertz CT molecular complexity index is 814. The van der Waals surface area contributed by atoms with Crippen LogP contribution < -0.4 is 5.73 Å². The number of hydrogen-bond donors (Lipinski definition) is 1. The number of primary amides is 1. The molecule has 24 heavy (non-hydrogen) atoms. The number of carbonyl (C=O) groups excluding carboxylic acids is 2. The Balaban J connectivity index is 2.40. The fourth-order valence-electron chi connectivity index (χ4n) is 2.07. The first-order chi connectivity index (χ1) is 11.1. The minimum Gasteiger partial charge on any atom is -0.368 e. The van der Waals surface area contributed by atoms with Crippen molar-refractivity contribution >= 4 is 23.2 Å². The smallest absolute Gasteiger partial charge is 0.266 e. The van der Waals surface area contributed by atoms with E-state index in [4.69, 9.17) is 5.73 Å². The van der Waals surface area contributed by atoms with Gasteiger partial charge in [-0.1, -0.05) is 0 Å². The molecule has 2 N–H and O–H groups in total. The van der Waals surface area contributed by atoms with Gasteiger partial charge in [0.2, 0.25) is 5.91 Å². The lowest BCUT2D eigenvalue weighted by molar-refractivity contribution is -0.126. The molecule has 0 aliphatic carbocycles. The third-order valence-corrected chi connectivity index (χ3v) is 5.34. The standard InChI is InChI=1S/C17H20FN3O2S/c1-9-8-11(6-7-12(9)18)14-20-10(2)13(24-14)15(22)21(5)17(3,4)16(19)23/h6-8H,1-5H3,(H2,19,23). The highest BCUT2D eigenvalue weighted by molar-refractivity contribution is 7.17. The third-order valence-electron chi connectivity index (χ3n) is 4.14. The van der Waals surface area contributed by atoms with Crippen molar-refractivity contribution < 1.29 is 14.0 Å². The van der Waals surface area contributed by atoms with E-state index in [1.807, 2.05) is 0 Å². The molecule has 0 radical (unpaired) electrons. The van der Waals surface area contributed by atoms with Crippen LogP contribution in [0.25, 0.3) is 10.6 Å². The molecule has 1 aromatic heterocycles. The van der Waals surface area contributed by atoms with Gasteiger partial charge in [0.25, 0.3) is 5.91 Å². The van der Waals surface area contributed by atoms with Crippen molar-refractivity contribution in [1.29, 1.82) is 0 Å². The molecule has 1 heterocycles. The van der Waals surface area contributed by atoms with Crippen molar-refractivity contribution in [2.24, 2.45) is 5.73 Å². The molecular formula is C17H20FN3O2S. The summed E-state index contributed by atoms with van der Waals surface area (Å²) in [6, 6.07) is 4.70. The normalized spacial score (nSPS) is 11.4. The van der Waals surface area contributed by atoms with E-state index in [0.717, 1.165) is 5.56 Å². The number of aromatic nitrogens is 1. The maximum absolute atomic E-state index is 13.4. The molecule has 128 valence electrons. The summed E-state index contributed by atoms with van der Waals surface area (Å²) in [5.41, 5.74) is 6.09. The van der Waals surface area contributed by atoms with Crippen LogP contribution in [0, 0.1) is 19.7 Å². The summed E-state index contributed by atoms with van der Waals surface area (Å²) < 4.78 is 13.4. The molecule has 0 aliphatic heterocycles. The zero-order valence-electron chi connectivity index (χ0n) is 14.3. The molecule has 2 rings (SSSR count). The molecule has 0 aliphatic rings. The fraction of sp³-hybridized carbons (Fsp3) is 0.353. The van der Waals surface area contributed by atoms with Gasteiger partial charge in [-0.3, -0.25) is 9.59 Å². The number of likely N-dealkylation sites (N-methyl/N-ethyl adjacent to an activating group) is 1. The number of hydrogen-bond acceptors (Lipinski definition) is 4. The van der Waals surface area contributed by atoms with Crippen molar-refractivity contribution in [2.75, 3.05) is 7.05 Å². The van der Waals surface area contributed by atoms with Gasteiger partial charge >= 0.3 is 0 Å². The first-order valence-corrected chi connectivity index (χ1v) is 8.19. The highest BCUT2D eigenvalue weighted by Gasteiger charge is 2.35. The van der Waals surface area contributed by atoms with E-state index in [9.17, 15) is 14.0 Å². The van der Waals surface area contributed by atoms with E-state index in [-0.39, 0.29) is 11.7 Å². The third kappa shape index (κ3) is 3.17. The summed E-state index contributed by atoms with van der Waals surface area (Å²) >= 11 is 1.21. The monoisotopic (exact) mass is 349 g/mol. The number of benzene rings is 1. The zero-order chi connectivity index (χ0) is 18.2. The van der Waals surface area contributed by atoms with Gasteiger partial charge in [0.1, 0.15) is 21.2 Å². The Hall–Kier alpha value is -2.28. The Kier molecular flexibility index (Phi) is 4.75. The second-order valence-electron chi connectivity index (χ2n) is 6.18. The lowest BCUT2D eigenvalue weighted by Crippen LogP contribution is -2.53. The molecule has 0 unspecified atom stereocenters. The van der Waals surface area contributed by atoms with Crippen molar-refractivity contribution in [3.63, 3.8) is 0 Å². The van der Waals surface area contributed by atoms with E-state index in [2.05, 4.69) is 4.98 Å². The number of carbonyl (C=O) groups is 2. The predicted octanol–water partition coefficient (Wildman–Crippen LogP) is 2.90. The molecule has 0 saturated heterocycles. The van der Waals surface area contributed by atoms with Gasteiger partial charge in [0.05, 0.1) is 5.69 Å². The van der Waals surface area contributed by atoms with Crippen molar-refractivity contribution in [3.8, 4) is 10.6 Å². The summed E-state index contributed by atoms with van der Waals surface area (Å²) in [5.74, 6) is -1.19. The van der Waals surface area contributed by atoms with E-state index in [1.54, 1.807) is 39.8 Å². The summed E-state index contributed by atoms with van der Waals surface area (Å²) in [4.78, 5) is 30.4. The molecule has 1 aromatic carbocycles. The minimum absolute atomic E-state index is 0.286. The molecule has 2 aromatic rings. The van der Waals surface area contributed by atoms with E-state index in [1.165, 1.54) is 29.4 Å². The minimum atomic E-state index is -1.11. The second-order valence-corrected chi connectivity index (χ2v) is 7.18. The van der Waals surface area contributed by atoms with Crippen LogP contribution in [-0.2, 0) is 4.79 Å². The highest BCUT2D eigenvalue weighted by Crippen LogP contribution is 2.30. The SMILES string of the molecule is Cc1cc(-c2nc(C)c(C(=O)N(C)C(C)(C)C(N)=O)s2)ccc1F. The lowest BCUT2D eigenvalue weighted by Gasteiger charge is -2.32. The number of thiazole rings is 1. The molecule has 0 bridgehead atoms. The van der Waals surface area contributed by atoms with Crippen molar-refractivity contribution in [3.05, 3.63) is 40.2 Å². The summed E-state index contributed by atoms with van der Waals surface area (Å²) in [6.45, 7) is 6.59. The van der Waals surface area contributed by atoms with Gasteiger partial charge in [-0.2, -0.15) is 0 Å².